The summed E-state index contributed by atoms with van der Waals surface area (Å²) < 4.78 is 31.7. The summed E-state index contributed by atoms with van der Waals surface area (Å²) in [6.45, 7) is 1.70. The molecule has 1 N–H and O–H groups in total. The van der Waals surface area contributed by atoms with Gasteiger partial charge in [-0.15, -0.1) is 0 Å². The number of nitrogens with zero attached hydrogens (tertiary/aromatic N) is 2. The van der Waals surface area contributed by atoms with Crippen LogP contribution < -0.4 is 9.62 Å². The van der Waals surface area contributed by atoms with Crippen molar-refractivity contribution < 1.29 is 12.9 Å². The fourth-order valence-electron chi connectivity index (χ4n) is 2.70. The molecule has 1 aromatic heterocycles. The van der Waals surface area contributed by atoms with Crippen molar-refractivity contribution in [3.05, 3.63) is 48.4 Å². The number of hydrogen-bond donors (Lipinski definition) is 1. The molecule has 6 nitrogen and oxygen atoms in total. The van der Waals surface area contributed by atoms with Gasteiger partial charge in [-0.3, -0.25) is 0 Å². The van der Waals surface area contributed by atoms with E-state index in [2.05, 4.69) is 31.4 Å². The van der Waals surface area contributed by atoms with Gasteiger partial charge in [0.1, 0.15) is 12.0 Å². The zero-order chi connectivity index (χ0) is 15.4. The molecule has 1 saturated heterocycles. The fraction of sp³-hybridized carbons (Fsp3) is 0.400. The number of anilines is 1. The number of benzene rings is 1. The third kappa shape index (κ3) is 3.86. The van der Waals surface area contributed by atoms with Crippen molar-refractivity contribution in [3.8, 4) is 0 Å². The molecule has 0 spiro atoms. The Labute approximate surface area is 130 Å². The van der Waals surface area contributed by atoms with Crippen LogP contribution in [0.4, 0.5) is 5.69 Å². The van der Waals surface area contributed by atoms with E-state index in [1.54, 1.807) is 6.07 Å². The molecular formula is C15H19N3O3S. The quantitative estimate of drug-likeness (QED) is 0.908. The molecule has 0 saturated carbocycles. The van der Waals surface area contributed by atoms with Crippen LogP contribution in [0.1, 0.15) is 18.5 Å². The van der Waals surface area contributed by atoms with Gasteiger partial charge in [-0.1, -0.05) is 23.4 Å². The second-order valence-electron chi connectivity index (χ2n) is 5.46. The molecule has 118 valence electrons. The topological polar surface area (TPSA) is 75.4 Å². The zero-order valence-corrected chi connectivity index (χ0v) is 13.0. The van der Waals surface area contributed by atoms with E-state index in [9.17, 15) is 8.42 Å². The molecule has 0 bridgehead atoms. The highest BCUT2D eigenvalue weighted by atomic mass is 32.2. The van der Waals surface area contributed by atoms with E-state index in [1.807, 2.05) is 18.2 Å². The second kappa shape index (κ2) is 6.50. The van der Waals surface area contributed by atoms with Crippen LogP contribution in [0.3, 0.4) is 0 Å². The number of para-hydroxylation sites is 1. The van der Waals surface area contributed by atoms with Crippen molar-refractivity contribution in [1.82, 2.24) is 9.88 Å². The lowest BCUT2D eigenvalue weighted by Crippen LogP contribution is -2.45. The van der Waals surface area contributed by atoms with Crippen LogP contribution in [0, 0.1) is 0 Å². The van der Waals surface area contributed by atoms with Gasteiger partial charge >= 0.3 is 0 Å². The Morgan fingerprint density at radius 2 is 1.91 bits per heavy atom. The van der Waals surface area contributed by atoms with Gasteiger partial charge in [0, 0.05) is 30.9 Å². The molecule has 1 fully saturated rings. The Bertz CT molecular complexity index is 678. The van der Waals surface area contributed by atoms with Gasteiger partial charge in [0.05, 0.1) is 5.69 Å². The molecule has 1 aromatic carbocycles. The summed E-state index contributed by atoms with van der Waals surface area (Å²) in [5, 5.41) is 3.64. The molecule has 2 heterocycles. The Hall–Kier alpha value is -1.86. The van der Waals surface area contributed by atoms with E-state index in [1.165, 1.54) is 12.0 Å². The molecule has 0 atom stereocenters. The average Bonchev–Trinajstić information content (AvgIpc) is 3.00. The third-order valence-corrected chi connectivity index (χ3v) is 5.16. The van der Waals surface area contributed by atoms with Crippen molar-refractivity contribution in [2.24, 2.45) is 0 Å². The van der Waals surface area contributed by atoms with E-state index in [0.29, 0.717) is 5.69 Å². The molecule has 1 aliphatic heterocycles. The van der Waals surface area contributed by atoms with Crippen LogP contribution in [0.5, 0.6) is 0 Å². The highest BCUT2D eigenvalue weighted by Gasteiger charge is 2.24. The van der Waals surface area contributed by atoms with Crippen molar-refractivity contribution in [1.29, 1.82) is 0 Å². The van der Waals surface area contributed by atoms with E-state index in [4.69, 9.17) is 0 Å². The highest BCUT2D eigenvalue weighted by molar-refractivity contribution is 7.88. The molecule has 3 rings (SSSR count). The van der Waals surface area contributed by atoms with Gasteiger partial charge in [0.2, 0.25) is 10.0 Å². The van der Waals surface area contributed by atoms with Crippen molar-refractivity contribution >= 4 is 15.7 Å². The molecule has 0 unspecified atom stereocenters. The standard InChI is InChI=1S/C15H19N3O3S/c19-22(20,12-14-8-11-21-16-14)17-13-6-9-18(10-7-13)15-4-2-1-3-5-15/h1-5,8,11,13,17H,6-7,9-10,12H2. The van der Waals surface area contributed by atoms with Gasteiger partial charge in [0.25, 0.3) is 0 Å². The minimum Gasteiger partial charge on any atom is -0.371 e. The maximum atomic E-state index is 12.1. The van der Waals surface area contributed by atoms with Gasteiger partial charge in [-0.05, 0) is 25.0 Å². The smallest absolute Gasteiger partial charge is 0.217 e. The summed E-state index contributed by atoms with van der Waals surface area (Å²) in [5.74, 6) is -0.137. The number of nitrogens with one attached hydrogen (secondary N) is 1. The van der Waals surface area contributed by atoms with E-state index in [-0.39, 0.29) is 11.8 Å². The van der Waals surface area contributed by atoms with Crippen LogP contribution in [-0.4, -0.2) is 32.7 Å². The van der Waals surface area contributed by atoms with E-state index >= 15 is 0 Å². The van der Waals surface area contributed by atoms with Gasteiger partial charge in [-0.2, -0.15) is 0 Å². The first-order valence-electron chi connectivity index (χ1n) is 7.32. The predicted octanol–water partition coefficient (Wildman–Crippen LogP) is 1.76. The summed E-state index contributed by atoms with van der Waals surface area (Å²) in [5.41, 5.74) is 1.61. The summed E-state index contributed by atoms with van der Waals surface area (Å²) in [7, 11) is -3.38. The van der Waals surface area contributed by atoms with Crippen LogP contribution in [0.25, 0.3) is 0 Å². The summed E-state index contributed by atoms with van der Waals surface area (Å²) in [4.78, 5) is 2.28. The molecule has 22 heavy (non-hydrogen) atoms. The lowest BCUT2D eigenvalue weighted by molar-refractivity contribution is 0.413. The average molecular weight is 321 g/mol. The molecule has 1 aliphatic rings. The minimum atomic E-state index is -3.38. The van der Waals surface area contributed by atoms with E-state index in [0.717, 1.165) is 25.9 Å². The lowest BCUT2D eigenvalue weighted by Gasteiger charge is -2.33. The van der Waals surface area contributed by atoms with Crippen LogP contribution in [0.15, 0.2) is 47.2 Å². The summed E-state index contributed by atoms with van der Waals surface area (Å²) in [6, 6.07) is 11.7. The Kier molecular flexibility index (Phi) is 4.44. The molecule has 0 amide bonds. The number of piperidine rings is 1. The Morgan fingerprint density at radius 3 is 2.55 bits per heavy atom. The Balaban J connectivity index is 1.53. The fourth-order valence-corrected chi connectivity index (χ4v) is 4.06. The molecule has 0 radical (unpaired) electrons. The number of sulfonamides is 1. The largest absolute Gasteiger partial charge is 0.371 e. The normalized spacial score (nSPS) is 16.8. The van der Waals surface area contributed by atoms with Crippen LogP contribution in [-0.2, 0) is 15.8 Å². The van der Waals surface area contributed by atoms with Crippen molar-refractivity contribution in [3.63, 3.8) is 0 Å². The lowest BCUT2D eigenvalue weighted by atomic mass is 10.1. The zero-order valence-electron chi connectivity index (χ0n) is 12.2. The number of rotatable bonds is 5. The van der Waals surface area contributed by atoms with Crippen LogP contribution >= 0.6 is 0 Å². The monoisotopic (exact) mass is 321 g/mol. The third-order valence-electron chi connectivity index (χ3n) is 3.79. The summed E-state index contributed by atoms with van der Waals surface area (Å²) in [6.07, 6.45) is 2.98. The first kappa shape index (κ1) is 15.1. The molecule has 0 aliphatic carbocycles. The molecular weight excluding hydrogens is 302 g/mol. The highest BCUT2D eigenvalue weighted by Crippen LogP contribution is 2.20. The predicted molar refractivity (Wildman–Crippen MR) is 83.9 cm³/mol. The SMILES string of the molecule is O=S(=O)(Cc1ccon1)NC1CCN(c2ccccc2)CC1. The minimum absolute atomic E-state index is 0.0168. The van der Waals surface area contributed by atoms with E-state index < -0.39 is 10.0 Å². The van der Waals surface area contributed by atoms with Crippen molar-refractivity contribution in [2.75, 3.05) is 18.0 Å². The number of aromatic nitrogens is 1. The maximum Gasteiger partial charge on any atom is 0.217 e. The first-order valence-corrected chi connectivity index (χ1v) is 8.97. The van der Waals surface area contributed by atoms with Gasteiger partial charge in [-0.25, -0.2) is 13.1 Å². The maximum absolute atomic E-state index is 12.1. The second-order valence-corrected chi connectivity index (χ2v) is 7.22. The van der Waals surface area contributed by atoms with Crippen molar-refractivity contribution in [2.45, 2.75) is 24.6 Å². The van der Waals surface area contributed by atoms with Gasteiger partial charge < -0.3 is 9.42 Å². The first-order chi connectivity index (χ1) is 10.6. The van der Waals surface area contributed by atoms with Gasteiger partial charge in [0.15, 0.2) is 0 Å². The number of hydrogen-bond acceptors (Lipinski definition) is 5. The Morgan fingerprint density at radius 1 is 1.18 bits per heavy atom. The van der Waals surface area contributed by atoms with Crippen LogP contribution in [0.2, 0.25) is 0 Å². The summed E-state index contributed by atoms with van der Waals surface area (Å²) >= 11 is 0. The molecule has 7 heteroatoms. The molecule has 2 aromatic rings.